The van der Waals surface area contributed by atoms with Crippen LogP contribution in [-0.2, 0) is 10.0 Å². The minimum atomic E-state index is -3.91. The molecule has 8 heteroatoms. The summed E-state index contributed by atoms with van der Waals surface area (Å²) >= 11 is 0. The highest BCUT2D eigenvalue weighted by Crippen LogP contribution is 2.69. The van der Waals surface area contributed by atoms with Gasteiger partial charge < -0.3 is 15.5 Å². The highest BCUT2D eigenvalue weighted by Gasteiger charge is 2.64. The van der Waals surface area contributed by atoms with Crippen LogP contribution in [0.25, 0.3) is 0 Å². The lowest BCUT2D eigenvalue weighted by atomic mass is 9.41. The number of carbonyl (C=O) groups excluding carboxylic acids is 1. The van der Waals surface area contributed by atoms with E-state index in [1.165, 1.54) is 12.1 Å². The number of hydrogen-bond donors (Lipinski definition) is 4. The third kappa shape index (κ3) is 4.93. The van der Waals surface area contributed by atoms with Crippen molar-refractivity contribution in [3.05, 3.63) is 30.3 Å². The number of benzene rings is 1. The predicted molar refractivity (Wildman–Crippen MR) is 151 cm³/mol. The lowest BCUT2D eigenvalue weighted by Gasteiger charge is -2.64. The molecule has 5 rings (SSSR count). The van der Waals surface area contributed by atoms with Crippen molar-refractivity contribution in [1.29, 1.82) is 0 Å². The molecule has 39 heavy (non-hydrogen) atoms. The van der Waals surface area contributed by atoms with E-state index in [4.69, 9.17) is 0 Å². The number of amides is 2. The fourth-order valence-corrected chi connectivity index (χ4v) is 11.1. The van der Waals surface area contributed by atoms with Gasteiger partial charge in [0.2, 0.25) is 0 Å². The van der Waals surface area contributed by atoms with Crippen molar-refractivity contribution in [2.24, 2.45) is 52.3 Å². The Hall–Kier alpha value is -1.64. The Morgan fingerprint density at radius 2 is 1.67 bits per heavy atom. The molecule has 0 aliphatic heterocycles. The van der Waals surface area contributed by atoms with Gasteiger partial charge in [0.25, 0.3) is 10.0 Å². The summed E-state index contributed by atoms with van der Waals surface area (Å²) in [6, 6.07) is 7.23. The third-order valence-electron chi connectivity index (χ3n) is 12.0. The Bertz CT molecular complexity index is 1140. The smallest absolute Gasteiger partial charge is 0.328 e. The second kappa shape index (κ2) is 10.6. The standard InChI is InChI=1S/C31H48N2O5S/c1-5-22-26-17-20(34)13-15-31(26,4)25-14-16-30(3)23(11-12-24(30)27(25)28(22)35)19(2)18-32-29(36)33-39(37,38)21-9-7-6-8-10-21/h6-10,19-20,22-28,34-35H,5,11-18H2,1-4H3,(H2,32,33,36)/t19-,20-,22-,23-,24+,25+,26?,27?,28-,30-,31?/m1/s1. The molecule has 4 aliphatic rings. The van der Waals surface area contributed by atoms with E-state index in [1.54, 1.807) is 18.2 Å². The number of carbonyl (C=O) groups is 1. The van der Waals surface area contributed by atoms with E-state index in [1.807, 2.05) is 0 Å². The lowest BCUT2D eigenvalue weighted by molar-refractivity contribution is -0.203. The van der Waals surface area contributed by atoms with Crippen molar-refractivity contribution in [2.75, 3.05) is 6.54 Å². The number of urea groups is 1. The largest absolute Gasteiger partial charge is 0.393 e. The van der Waals surface area contributed by atoms with Crippen LogP contribution in [0.5, 0.6) is 0 Å². The molecule has 0 bridgehead atoms. The van der Waals surface area contributed by atoms with Crippen molar-refractivity contribution >= 4 is 16.1 Å². The van der Waals surface area contributed by atoms with Crippen LogP contribution in [-0.4, -0.2) is 43.4 Å². The molecule has 4 saturated carbocycles. The first-order valence-corrected chi connectivity index (χ1v) is 16.6. The molecular formula is C31H48N2O5S. The Labute approximate surface area is 234 Å². The molecule has 1 aromatic rings. The van der Waals surface area contributed by atoms with E-state index in [0.29, 0.717) is 30.2 Å². The molecule has 3 unspecified atom stereocenters. The molecule has 0 radical (unpaired) electrons. The summed E-state index contributed by atoms with van der Waals surface area (Å²) in [6.07, 6.45) is 7.54. The highest BCUT2D eigenvalue weighted by atomic mass is 32.2. The summed E-state index contributed by atoms with van der Waals surface area (Å²) in [5, 5.41) is 25.2. The molecule has 0 saturated heterocycles. The Morgan fingerprint density at radius 3 is 2.36 bits per heavy atom. The van der Waals surface area contributed by atoms with E-state index < -0.39 is 16.1 Å². The van der Waals surface area contributed by atoms with Crippen LogP contribution >= 0.6 is 0 Å². The zero-order valence-electron chi connectivity index (χ0n) is 24.0. The summed E-state index contributed by atoms with van der Waals surface area (Å²) in [5.41, 5.74) is 0.268. The van der Waals surface area contributed by atoms with Crippen LogP contribution < -0.4 is 10.0 Å². The molecule has 4 N–H and O–H groups in total. The van der Waals surface area contributed by atoms with Gasteiger partial charge in [-0.15, -0.1) is 0 Å². The van der Waals surface area contributed by atoms with Gasteiger partial charge >= 0.3 is 6.03 Å². The second-order valence-corrected chi connectivity index (χ2v) is 15.4. The van der Waals surface area contributed by atoms with Gasteiger partial charge in [-0.25, -0.2) is 17.9 Å². The first-order valence-electron chi connectivity index (χ1n) is 15.1. The van der Waals surface area contributed by atoms with Crippen LogP contribution in [0.4, 0.5) is 4.79 Å². The predicted octanol–water partition coefficient (Wildman–Crippen LogP) is 4.94. The number of aliphatic hydroxyl groups excluding tert-OH is 2. The summed E-state index contributed by atoms with van der Waals surface area (Å²) < 4.78 is 27.2. The van der Waals surface area contributed by atoms with Gasteiger partial charge in [0.05, 0.1) is 17.1 Å². The van der Waals surface area contributed by atoms with Crippen LogP contribution in [0.3, 0.4) is 0 Å². The van der Waals surface area contributed by atoms with Crippen molar-refractivity contribution in [2.45, 2.75) is 96.2 Å². The van der Waals surface area contributed by atoms with Gasteiger partial charge in [0.15, 0.2) is 0 Å². The molecule has 0 heterocycles. The number of sulfonamides is 1. The van der Waals surface area contributed by atoms with Crippen LogP contribution in [0.15, 0.2) is 35.2 Å². The molecule has 7 nitrogen and oxygen atoms in total. The molecular weight excluding hydrogens is 512 g/mol. The summed E-state index contributed by atoms with van der Waals surface area (Å²) in [4.78, 5) is 12.6. The number of hydrogen-bond acceptors (Lipinski definition) is 5. The maximum Gasteiger partial charge on any atom is 0.328 e. The number of aliphatic hydroxyl groups is 2. The molecule has 4 aliphatic carbocycles. The average Bonchev–Trinajstić information content (AvgIpc) is 3.26. The first-order chi connectivity index (χ1) is 18.4. The fourth-order valence-electron chi connectivity index (χ4n) is 10.1. The number of fused-ring (bicyclic) bond motifs is 5. The maximum atomic E-state index is 12.6. The second-order valence-electron chi connectivity index (χ2n) is 13.7. The van der Waals surface area contributed by atoms with Gasteiger partial charge in [-0.1, -0.05) is 52.3 Å². The molecule has 11 atom stereocenters. The maximum absolute atomic E-state index is 12.6. The SMILES string of the molecule is CC[C@@H]1C2C[C@H](O)CCC2(C)[C@H]2CC[C@]3(C)[C@@H]([C@H](C)CNC(=O)NS(=O)(=O)c4ccccc4)CC[C@H]3C2[C@@H]1O. The van der Waals surface area contributed by atoms with Crippen molar-refractivity contribution in [3.63, 3.8) is 0 Å². The summed E-state index contributed by atoms with van der Waals surface area (Å²) in [7, 11) is -3.91. The quantitative estimate of drug-likeness (QED) is 0.394. The lowest BCUT2D eigenvalue weighted by Crippen LogP contribution is -2.62. The Balaban J connectivity index is 1.27. The Morgan fingerprint density at radius 1 is 1.00 bits per heavy atom. The van der Waals surface area contributed by atoms with Crippen molar-refractivity contribution in [3.8, 4) is 0 Å². The average molecular weight is 561 g/mol. The first kappa shape index (κ1) is 28.9. The van der Waals surface area contributed by atoms with Gasteiger partial charge in [-0.05, 0) is 109 Å². The van der Waals surface area contributed by atoms with Crippen molar-refractivity contribution < 1.29 is 23.4 Å². The number of nitrogens with one attached hydrogen (secondary N) is 2. The van der Waals surface area contributed by atoms with Crippen LogP contribution in [0.1, 0.15) is 79.1 Å². The zero-order chi connectivity index (χ0) is 28.2. The van der Waals surface area contributed by atoms with E-state index >= 15 is 0 Å². The Kier molecular flexibility index (Phi) is 7.88. The minimum absolute atomic E-state index is 0.0657. The topological polar surface area (TPSA) is 116 Å². The summed E-state index contributed by atoms with van der Waals surface area (Å²) in [5.74, 6) is 2.45. The van der Waals surface area contributed by atoms with E-state index in [0.717, 1.165) is 51.4 Å². The minimum Gasteiger partial charge on any atom is -0.393 e. The molecule has 2 amide bonds. The van der Waals surface area contributed by atoms with Crippen LogP contribution in [0.2, 0.25) is 0 Å². The van der Waals surface area contributed by atoms with Gasteiger partial charge in [-0.2, -0.15) is 0 Å². The normalized spacial score (nSPS) is 42.5. The molecule has 218 valence electrons. The van der Waals surface area contributed by atoms with Crippen molar-refractivity contribution in [1.82, 2.24) is 10.0 Å². The van der Waals surface area contributed by atoms with E-state index in [9.17, 15) is 23.4 Å². The van der Waals surface area contributed by atoms with Crippen LogP contribution in [0, 0.1) is 52.3 Å². The van der Waals surface area contributed by atoms with Gasteiger partial charge in [-0.3, -0.25) is 0 Å². The fraction of sp³-hybridized carbons (Fsp3) is 0.774. The van der Waals surface area contributed by atoms with Gasteiger partial charge in [0, 0.05) is 6.54 Å². The molecule has 1 aromatic carbocycles. The molecule has 0 spiro atoms. The van der Waals surface area contributed by atoms with E-state index in [2.05, 4.69) is 37.7 Å². The van der Waals surface area contributed by atoms with E-state index in [-0.39, 0.29) is 45.7 Å². The number of rotatable bonds is 6. The monoisotopic (exact) mass is 560 g/mol. The zero-order valence-corrected chi connectivity index (χ0v) is 24.8. The highest BCUT2D eigenvalue weighted by molar-refractivity contribution is 7.90. The van der Waals surface area contributed by atoms with Gasteiger partial charge in [0.1, 0.15) is 0 Å². The third-order valence-corrected chi connectivity index (χ3v) is 13.4. The summed E-state index contributed by atoms with van der Waals surface area (Å²) in [6.45, 7) is 9.65. The molecule has 0 aromatic heterocycles. The molecule has 4 fully saturated rings.